The van der Waals surface area contributed by atoms with Crippen LogP contribution < -0.4 is 5.32 Å². The van der Waals surface area contributed by atoms with E-state index in [1.54, 1.807) is 0 Å². The number of nitrogens with zero attached hydrogens (tertiary/aromatic N) is 1. The molecule has 0 spiro atoms. The first kappa shape index (κ1) is 16.5. The Morgan fingerprint density at radius 2 is 2.24 bits per heavy atom. The molecule has 0 bridgehead atoms. The average molecular weight is 353 g/mol. The lowest BCUT2D eigenvalue weighted by atomic mass is 10.0. The van der Waals surface area contributed by atoms with Crippen LogP contribution >= 0.6 is 15.9 Å². The van der Waals surface area contributed by atoms with E-state index in [0.29, 0.717) is 6.04 Å². The van der Waals surface area contributed by atoms with E-state index in [4.69, 9.17) is 0 Å². The Labute approximate surface area is 136 Å². The van der Waals surface area contributed by atoms with Crippen LogP contribution in [-0.2, 0) is 0 Å². The monoisotopic (exact) mass is 352 g/mol. The van der Waals surface area contributed by atoms with Crippen molar-refractivity contribution in [3.8, 4) is 0 Å². The third-order valence-electron chi connectivity index (χ3n) is 4.06. The molecule has 1 saturated heterocycles. The van der Waals surface area contributed by atoms with E-state index in [1.165, 1.54) is 19.3 Å². The zero-order valence-corrected chi connectivity index (χ0v) is 14.6. The fourth-order valence-corrected chi connectivity index (χ4v) is 3.31. The second-order valence-corrected chi connectivity index (χ2v) is 6.63. The summed E-state index contributed by atoms with van der Waals surface area (Å²) in [4.78, 5) is 14.9. The van der Waals surface area contributed by atoms with E-state index in [0.717, 1.165) is 41.7 Å². The number of nitrogens with one attached hydrogen (secondary N) is 1. The van der Waals surface area contributed by atoms with Crippen LogP contribution in [0, 0.1) is 6.92 Å². The third-order valence-corrected chi connectivity index (χ3v) is 5.11. The molecule has 2 rings (SSSR count). The van der Waals surface area contributed by atoms with Crippen LogP contribution in [0.4, 0.5) is 0 Å². The molecule has 1 amide bonds. The van der Waals surface area contributed by atoms with E-state index < -0.39 is 0 Å². The molecule has 1 aliphatic heterocycles. The molecule has 1 aliphatic rings. The van der Waals surface area contributed by atoms with Crippen LogP contribution in [0.1, 0.15) is 48.5 Å². The number of hydrogen-bond donors (Lipinski definition) is 1. The van der Waals surface area contributed by atoms with Crippen molar-refractivity contribution in [1.82, 2.24) is 10.2 Å². The summed E-state index contributed by atoms with van der Waals surface area (Å²) in [6.07, 6.45) is 4.67. The predicted octanol–water partition coefficient (Wildman–Crippen LogP) is 3.75. The second-order valence-electron chi connectivity index (χ2n) is 5.83. The van der Waals surface area contributed by atoms with Crippen LogP contribution in [0.25, 0.3) is 0 Å². The molecule has 0 radical (unpaired) electrons. The van der Waals surface area contributed by atoms with Crippen LogP contribution in [0.2, 0.25) is 0 Å². The maximum Gasteiger partial charge on any atom is 0.255 e. The minimum atomic E-state index is 0.139. The minimum absolute atomic E-state index is 0.139. The van der Waals surface area contributed by atoms with Gasteiger partial charge in [0, 0.05) is 23.6 Å². The van der Waals surface area contributed by atoms with E-state index in [2.05, 4.69) is 28.2 Å². The number of amides is 1. The molecule has 4 heteroatoms. The summed E-state index contributed by atoms with van der Waals surface area (Å²) < 4.78 is 0.924. The van der Waals surface area contributed by atoms with Crippen molar-refractivity contribution < 1.29 is 4.79 Å². The fourth-order valence-electron chi connectivity index (χ4n) is 2.87. The number of hydrogen-bond acceptors (Lipinski definition) is 2. The lowest BCUT2D eigenvalue weighted by Crippen LogP contribution is -2.46. The lowest BCUT2D eigenvalue weighted by Gasteiger charge is -2.31. The van der Waals surface area contributed by atoms with Gasteiger partial charge in [0.2, 0.25) is 0 Å². The quantitative estimate of drug-likeness (QED) is 0.874. The van der Waals surface area contributed by atoms with Gasteiger partial charge in [-0.1, -0.05) is 25.5 Å². The van der Waals surface area contributed by atoms with Crippen molar-refractivity contribution in [1.29, 1.82) is 0 Å². The smallest absolute Gasteiger partial charge is 0.255 e. The highest BCUT2D eigenvalue weighted by atomic mass is 79.9. The van der Waals surface area contributed by atoms with Crippen LogP contribution in [0.15, 0.2) is 22.7 Å². The van der Waals surface area contributed by atoms with Gasteiger partial charge in [-0.2, -0.15) is 0 Å². The first-order valence-electron chi connectivity index (χ1n) is 7.91. The van der Waals surface area contributed by atoms with Crippen LogP contribution in [-0.4, -0.2) is 36.5 Å². The first-order chi connectivity index (χ1) is 10.1. The van der Waals surface area contributed by atoms with Gasteiger partial charge in [-0.3, -0.25) is 4.79 Å². The third kappa shape index (κ3) is 4.30. The highest BCUT2D eigenvalue weighted by molar-refractivity contribution is 9.10. The number of piperidine rings is 1. The van der Waals surface area contributed by atoms with Crippen molar-refractivity contribution >= 4 is 21.8 Å². The summed E-state index contributed by atoms with van der Waals surface area (Å²) in [5.74, 6) is 0.139. The lowest BCUT2D eigenvalue weighted by molar-refractivity contribution is 0.0730. The predicted molar refractivity (Wildman–Crippen MR) is 90.7 cm³/mol. The number of rotatable bonds is 5. The largest absolute Gasteiger partial charge is 0.337 e. The SMILES string of the molecule is CCCN(CC1CCCCN1)C(=O)c1cccc(C)c1Br. The normalized spacial score (nSPS) is 18.5. The Morgan fingerprint density at radius 1 is 1.43 bits per heavy atom. The topological polar surface area (TPSA) is 32.3 Å². The number of carbonyl (C=O) groups is 1. The van der Waals surface area contributed by atoms with Crippen molar-refractivity contribution in [2.24, 2.45) is 0 Å². The molecule has 1 unspecified atom stereocenters. The zero-order chi connectivity index (χ0) is 15.2. The van der Waals surface area contributed by atoms with Gasteiger partial charge in [-0.25, -0.2) is 0 Å². The van der Waals surface area contributed by atoms with E-state index in [9.17, 15) is 4.79 Å². The van der Waals surface area contributed by atoms with E-state index in [-0.39, 0.29) is 5.91 Å². The zero-order valence-electron chi connectivity index (χ0n) is 13.0. The van der Waals surface area contributed by atoms with Gasteiger partial charge in [-0.05, 0) is 60.3 Å². The maximum absolute atomic E-state index is 12.8. The van der Waals surface area contributed by atoms with Crippen molar-refractivity contribution in [2.75, 3.05) is 19.6 Å². The summed E-state index contributed by atoms with van der Waals surface area (Å²) in [6.45, 7) is 6.85. The van der Waals surface area contributed by atoms with Crippen LogP contribution in [0.3, 0.4) is 0 Å². The molecular formula is C17H25BrN2O. The molecule has 116 valence electrons. The summed E-state index contributed by atoms with van der Waals surface area (Å²) in [5, 5.41) is 3.53. The maximum atomic E-state index is 12.8. The van der Waals surface area contributed by atoms with Gasteiger partial charge in [0.1, 0.15) is 0 Å². The average Bonchev–Trinajstić information content (AvgIpc) is 2.50. The van der Waals surface area contributed by atoms with Gasteiger partial charge in [0.15, 0.2) is 0 Å². The van der Waals surface area contributed by atoms with Gasteiger partial charge >= 0.3 is 0 Å². The summed E-state index contributed by atoms with van der Waals surface area (Å²) in [6, 6.07) is 6.33. The number of aryl methyl sites for hydroxylation is 1. The molecule has 1 aromatic rings. The Morgan fingerprint density at radius 3 is 2.90 bits per heavy atom. The highest BCUT2D eigenvalue weighted by Crippen LogP contribution is 2.23. The minimum Gasteiger partial charge on any atom is -0.337 e. The molecule has 1 aromatic carbocycles. The Hall–Kier alpha value is -0.870. The summed E-state index contributed by atoms with van der Waals surface area (Å²) in [7, 11) is 0. The van der Waals surface area contributed by atoms with Crippen molar-refractivity contribution in [3.63, 3.8) is 0 Å². The standard InChI is InChI=1S/C17H25BrN2O/c1-3-11-20(12-14-8-4-5-10-19-14)17(21)15-9-6-7-13(2)16(15)18/h6-7,9,14,19H,3-5,8,10-12H2,1-2H3. The van der Waals surface area contributed by atoms with Crippen molar-refractivity contribution in [3.05, 3.63) is 33.8 Å². The summed E-state index contributed by atoms with van der Waals surface area (Å²) >= 11 is 3.56. The van der Waals surface area contributed by atoms with E-state index >= 15 is 0 Å². The Bertz CT molecular complexity index is 484. The molecule has 0 aromatic heterocycles. The fraction of sp³-hybridized carbons (Fsp3) is 0.588. The molecule has 1 heterocycles. The number of benzene rings is 1. The molecule has 0 aliphatic carbocycles. The van der Waals surface area contributed by atoms with Gasteiger partial charge < -0.3 is 10.2 Å². The number of carbonyl (C=O) groups excluding carboxylic acids is 1. The highest BCUT2D eigenvalue weighted by Gasteiger charge is 2.22. The Balaban J connectivity index is 2.12. The summed E-state index contributed by atoms with van der Waals surface area (Å²) in [5.41, 5.74) is 1.88. The van der Waals surface area contributed by atoms with Crippen molar-refractivity contribution in [2.45, 2.75) is 45.6 Å². The molecule has 21 heavy (non-hydrogen) atoms. The molecule has 3 nitrogen and oxygen atoms in total. The first-order valence-corrected chi connectivity index (χ1v) is 8.70. The van der Waals surface area contributed by atoms with Crippen LogP contribution in [0.5, 0.6) is 0 Å². The molecular weight excluding hydrogens is 328 g/mol. The molecule has 1 atom stereocenters. The molecule has 0 saturated carbocycles. The van der Waals surface area contributed by atoms with Gasteiger partial charge in [-0.15, -0.1) is 0 Å². The van der Waals surface area contributed by atoms with Gasteiger partial charge in [0.05, 0.1) is 5.56 Å². The molecule has 1 fully saturated rings. The van der Waals surface area contributed by atoms with Gasteiger partial charge in [0.25, 0.3) is 5.91 Å². The second kappa shape index (κ2) is 7.95. The molecule has 1 N–H and O–H groups in total. The Kier molecular flexibility index (Phi) is 6.24. The number of halogens is 1. The van der Waals surface area contributed by atoms with E-state index in [1.807, 2.05) is 30.0 Å².